The van der Waals surface area contributed by atoms with Crippen LogP contribution in [0.5, 0.6) is 0 Å². The minimum Gasteiger partial charge on any atom is -0.363 e. The van der Waals surface area contributed by atoms with Crippen molar-refractivity contribution in [2.45, 2.75) is 13.0 Å². The Morgan fingerprint density at radius 3 is 2.54 bits per heavy atom. The van der Waals surface area contributed by atoms with Crippen LogP contribution in [-0.2, 0) is 4.79 Å². The summed E-state index contributed by atoms with van der Waals surface area (Å²) in [7, 11) is 0. The summed E-state index contributed by atoms with van der Waals surface area (Å²) in [6.45, 7) is 3.91. The van der Waals surface area contributed by atoms with Crippen molar-refractivity contribution in [2.75, 3.05) is 36.4 Å². The number of nitrogens with one attached hydrogen (secondary N) is 1. The third-order valence-electron chi connectivity index (χ3n) is 4.85. The van der Waals surface area contributed by atoms with Crippen molar-refractivity contribution in [3.63, 3.8) is 0 Å². The summed E-state index contributed by atoms with van der Waals surface area (Å²) in [6, 6.07) is 10.2. The molecule has 148 valence electrons. The highest BCUT2D eigenvalue weighted by Gasteiger charge is 2.28. The minimum absolute atomic E-state index is 0.0358. The molecule has 1 aliphatic rings. The standard InChI is InChI=1S/C19H20ClFN4O3/c1-13(19(26)22-16-5-3-2-4-15(16)21)23-8-10-24(11-9-23)17-7-6-14(20)12-18(17)25(27)28/h2-7,12-13H,8-11H2,1H3,(H,22,26)/t13-/m1/s1. The molecule has 1 aliphatic heterocycles. The summed E-state index contributed by atoms with van der Waals surface area (Å²) < 4.78 is 13.7. The molecule has 1 saturated heterocycles. The Labute approximate surface area is 166 Å². The SMILES string of the molecule is C[C@H](C(=O)Nc1ccccc1F)N1CCN(c2ccc(Cl)cc2[N+](=O)[O-])CC1. The number of benzene rings is 2. The summed E-state index contributed by atoms with van der Waals surface area (Å²) >= 11 is 5.87. The summed E-state index contributed by atoms with van der Waals surface area (Å²) in [4.78, 5) is 27.2. The largest absolute Gasteiger partial charge is 0.363 e. The lowest BCUT2D eigenvalue weighted by Crippen LogP contribution is -2.53. The van der Waals surface area contributed by atoms with E-state index in [4.69, 9.17) is 11.6 Å². The van der Waals surface area contributed by atoms with Gasteiger partial charge in [-0.2, -0.15) is 0 Å². The molecule has 2 aromatic carbocycles. The van der Waals surface area contributed by atoms with Gasteiger partial charge in [0.05, 0.1) is 16.7 Å². The maximum atomic E-state index is 13.7. The smallest absolute Gasteiger partial charge is 0.294 e. The minimum atomic E-state index is -0.483. The predicted molar refractivity (Wildman–Crippen MR) is 106 cm³/mol. The van der Waals surface area contributed by atoms with Gasteiger partial charge in [0.25, 0.3) is 5.69 Å². The van der Waals surface area contributed by atoms with E-state index in [1.165, 1.54) is 18.2 Å². The fourth-order valence-corrected chi connectivity index (χ4v) is 3.39. The lowest BCUT2D eigenvalue weighted by Gasteiger charge is -2.38. The van der Waals surface area contributed by atoms with Crippen LogP contribution in [-0.4, -0.2) is 48.0 Å². The lowest BCUT2D eigenvalue weighted by molar-refractivity contribution is -0.384. The molecule has 0 aromatic heterocycles. The molecule has 0 saturated carbocycles. The van der Waals surface area contributed by atoms with E-state index in [0.717, 1.165) is 0 Å². The monoisotopic (exact) mass is 406 g/mol. The fraction of sp³-hybridized carbons (Fsp3) is 0.316. The van der Waals surface area contributed by atoms with Crippen molar-refractivity contribution in [1.82, 2.24) is 4.90 Å². The molecule has 1 fully saturated rings. The molecule has 1 N–H and O–H groups in total. The van der Waals surface area contributed by atoms with Gasteiger partial charge in [0.1, 0.15) is 11.5 Å². The van der Waals surface area contributed by atoms with Crippen molar-refractivity contribution in [2.24, 2.45) is 0 Å². The van der Waals surface area contributed by atoms with Gasteiger partial charge >= 0.3 is 0 Å². The number of carbonyl (C=O) groups is 1. The maximum Gasteiger partial charge on any atom is 0.294 e. The summed E-state index contributed by atoms with van der Waals surface area (Å²) in [5.41, 5.74) is 0.624. The number of nitrogens with zero attached hydrogens (tertiary/aromatic N) is 3. The highest BCUT2D eigenvalue weighted by molar-refractivity contribution is 6.30. The van der Waals surface area contributed by atoms with E-state index in [2.05, 4.69) is 5.32 Å². The van der Waals surface area contributed by atoms with Crippen molar-refractivity contribution >= 4 is 34.6 Å². The second-order valence-electron chi connectivity index (χ2n) is 6.56. The number of hydrogen-bond donors (Lipinski definition) is 1. The maximum absolute atomic E-state index is 13.7. The van der Waals surface area contributed by atoms with Crippen molar-refractivity contribution in [3.05, 3.63) is 63.4 Å². The van der Waals surface area contributed by atoms with E-state index < -0.39 is 16.8 Å². The highest BCUT2D eigenvalue weighted by atomic mass is 35.5. The number of piperazine rings is 1. The first kappa shape index (κ1) is 20.0. The number of nitro benzene ring substituents is 1. The van der Waals surface area contributed by atoms with E-state index >= 15 is 0 Å². The number of rotatable bonds is 5. The van der Waals surface area contributed by atoms with Gasteiger partial charge in [-0.25, -0.2) is 4.39 Å². The Bertz CT molecular complexity index is 887. The molecule has 1 atom stereocenters. The van der Waals surface area contributed by atoms with Crippen LogP contribution in [0.1, 0.15) is 6.92 Å². The van der Waals surface area contributed by atoms with E-state index in [9.17, 15) is 19.3 Å². The van der Waals surface area contributed by atoms with Crippen molar-refractivity contribution in [3.8, 4) is 0 Å². The van der Waals surface area contributed by atoms with Crippen LogP contribution in [0.3, 0.4) is 0 Å². The van der Waals surface area contributed by atoms with Crippen molar-refractivity contribution in [1.29, 1.82) is 0 Å². The third-order valence-corrected chi connectivity index (χ3v) is 5.08. The Morgan fingerprint density at radius 1 is 1.21 bits per heavy atom. The summed E-state index contributed by atoms with van der Waals surface area (Å²) in [5.74, 6) is -0.779. The van der Waals surface area contributed by atoms with Gasteiger partial charge in [-0.05, 0) is 31.2 Å². The lowest BCUT2D eigenvalue weighted by atomic mass is 10.1. The normalized spacial score (nSPS) is 15.9. The zero-order valence-electron chi connectivity index (χ0n) is 15.3. The number of amides is 1. The molecule has 2 aromatic rings. The molecule has 0 spiro atoms. The van der Waals surface area contributed by atoms with Gasteiger partial charge in [-0.3, -0.25) is 19.8 Å². The van der Waals surface area contributed by atoms with E-state index in [1.54, 1.807) is 31.2 Å². The number of nitro groups is 1. The number of para-hydroxylation sites is 1. The van der Waals surface area contributed by atoms with Gasteiger partial charge in [-0.15, -0.1) is 0 Å². The highest BCUT2D eigenvalue weighted by Crippen LogP contribution is 2.31. The van der Waals surface area contributed by atoms with Gasteiger partial charge in [0.15, 0.2) is 0 Å². The Hall–Kier alpha value is -2.71. The molecule has 1 amide bonds. The van der Waals surface area contributed by atoms with Crippen LogP contribution in [0.25, 0.3) is 0 Å². The van der Waals surface area contributed by atoms with Gasteiger partial charge < -0.3 is 10.2 Å². The molecule has 0 bridgehead atoms. The number of halogens is 2. The van der Waals surface area contributed by atoms with E-state index in [1.807, 2.05) is 9.80 Å². The average molecular weight is 407 g/mol. The van der Waals surface area contributed by atoms with Gasteiger partial charge in [0.2, 0.25) is 5.91 Å². The number of hydrogen-bond acceptors (Lipinski definition) is 5. The predicted octanol–water partition coefficient (Wildman–Crippen LogP) is 3.54. The first-order chi connectivity index (χ1) is 13.4. The molecule has 0 aliphatic carbocycles. The van der Waals surface area contributed by atoms with E-state index in [0.29, 0.717) is 36.9 Å². The van der Waals surface area contributed by atoms with Crippen LogP contribution < -0.4 is 10.2 Å². The fourth-order valence-electron chi connectivity index (χ4n) is 3.23. The quantitative estimate of drug-likeness (QED) is 0.607. The van der Waals surface area contributed by atoms with Gasteiger partial charge in [-0.1, -0.05) is 23.7 Å². The van der Waals surface area contributed by atoms with Crippen LogP contribution in [0, 0.1) is 15.9 Å². The third kappa shape index (κ3) is 4.40. The zero-order chi connectivity index (χ0) is 20.3. The topological polar surface area (TPSA) is 78.7 Å². The molecular weight excluding hydrogens is 387 g/mol. The van der Waals surface area contributed by atoms with Crippen LogP contribution >= 0.6 is 11.6 Å². The van der Waals surface area contributed by atoms with Crippen molar-refractivity contribution < 1.29 is 14.1 Å². The summed E-state index contributed by atoms with van der Waals surface area (Å²) in [6.07, 6.45) is 0. The average Bonchev–Trinajstić information content (AvgIpc) is 2.69. The van der Waals surface area contributed by atoms with Crippen LogP contribution in [0.4, 0.5) is 21.5 Å². The molecule has 3 rings (SSSR count). The number of anilines is 2. The molecule has 0 radical (unpaired) electrons. The first-order valence-electron chi connectivity index (χ1n) is 8.85. The molecule has 1 heterocycles. The molecule has 7 nitrogen and oxygen atoms in total. The van der Waals surface area contributed by atoms with E-state index in [-0.39, 0.29) is 17.3 Å². The second-order valence-corrected chi connectivity index (χ2v) is 6.99. The Kier molecular flexibility index (Phi) is 6.11. The van der Waals surface area contributed by atoms with Gasteiger partial charge in [0, 0.05) is 37.3 Å². The number of carbonyl (C=O) groups excluding carboxylic acids is 1. The first-order valence-corrected chi connectivity index (χ1v) is 9.23. The Morgan fingerprint density at radius 2 is 1.89 bits per heavy atom. The molecule has 0 unspecified atom stereocenters. The summed E-state index contributed by atoms with van der Waals surface area (Å²) in [5, 5.41) is 14.2. The van der Waals surface area contributed by atoms with Crippen LogP contribution in [0.2, 0.25) is 5.02 Å². The molecule has 9 heteroatoms. The Balaban J connectivity index is 1.63. The zero-order valence-corrected chi connectivity index (χ0v) is 16.0. The molecule has 28 heavy (non-hydrogen) atoms. The second kappa shape index (κ2) is 8.53. The molecular formula is C19H20ClFN4O3. The van der Waals surface area contributed by atoms with Crippen LogP contribution in [0.15, 0.2) is 42.5 Å².